The van der Waals surface area contributed by atoms with Gasteiger partial charge in [-0.3, -0.25) is 4.79 Å². The van der Waals surface area contributed by atoms with E-state index in [-0.39, 0.29) is 5.97 Å². The first kappa shape index (κ1) is 15.5. The zero-order valence-electron chi connectivity index (χ0n) is 11.6. The molecule has 1 aromatic rings. The summed E-state index contributed by atoms with van der Waals surface area (Å²) in [6.45, 7) is 2.11. The second-order valence-electron chi connectivity index (χ2n) is 3.67. The van der Waals surface area contributed by atoms with Crippen molar-refractivity contribution >= 4 is 23.4 Å². The van der Waals surface area contributed by atoms with Gasteiger partial charge in [0.1, 0.15) is 5.25 Å². The van der Waals surface area contributed by atoms with Crippen LogP contribution in [0.15, 0.2) is 12.1 Å². The Labute approximate surface area is 117 Å². The van der Waals surface area contributed by atoms with E-state index >= 15 is 0 Å². The minimum Gasteiger partial charge on any atom is -0.493 e. The van der Waals surface area contributed by atoms with Crippen molar-refractivity contribution < 1.29 is 19.0 Å². The number of hydrogen-bond donors (Lipinski definition) is 1. The summed E-state index contributed by atoms with van der Waals surface area (Å²) in [5.41, 5.74) is 7.12. The van der Waals surface area contributed by atoms with Crippen molar-refractivity contribution in [3.8, 4) is 11.5 Å². The van der Waals surface area contributed by atoms with Crippen LogP contribution < -0.4 is 15.2 Å². The molecule has 0 spiro atoms. The van der Waals surface area contributed by atoms with Gasteiger partial charge in [0.05, 0.1) is 26.5 Å². The quantitative estimate of drug-likeness (QED) is 0.638. The molecular formula is C13H19NO4S. The molecule has 19 heavy (non-hydrogen) atoms. The van der Waals surface area contributed by atoms with Crippen molar-refractivity contribution in [1.82, 2.24) is 0 Å². The third-order valence-electron chi connectivity index (χ3n) is 2.64. The van der Waals surface area contributed by atoms with E-state index < -0.39 is 5.25 Å². The molecule has 5 nitrogen and oxygen atoms in total. The fourth-order valence-electron chi connectivity index (χ4n) is 1.76. The van der Waals surface area contributed by atoms with E-state index in [4.69, 9.17) is 19.9 Å². The van der Waals surface area contributed by atoms with Gasteiger partial charge in [0, 0.05) is 5.56 Å². The lowest BCUT2D eigenvalue weighted by molar-refractivity contribution is -0.142. The molecule has 1 atom stereocenters. The number of anilines is 1. The molecule has 1 rings (SSSR count). The molecule has 6 heteroatoms. The maximum atomic E-state index is 11.9. The Morgan fingerprint density at radius 2 is 2.05 bits per heavy atom. The Hall–Kier alpha value is -1.56. The highest BCUT2D eigenvalue weighted by molar-refractivity contribution is 7.99. The molecule has 0 saturated carbocycles. The highest BCUT2D eigenvalue weighted by Crippen LogP contribution is 2.41. The minimum atomic E-state index is -0.472. The van der Waals surface area contributed by atoms with E-state index in [2.05, 4.69) is 0 Å². The predicted molar refractivity (Wildman–Crippen MR) is 76.8 cm³/mol. The number of esters is 1. The van der Waals surface area contributed by atoms with Gasteiger partial charge in [-0.05, 0) is 19.2 Å². The molecule has 0 amide bonds. The highest BCUT2D eigenvalue weighted by Gasteiger charge is 2.25. The summed E-state index contributed by atoms with van der Waals surface area (Å²) in [5.74, 6) is 0.657. The first-order chi connectivity index (χ1) is 9.10. The molecule has 1 aromatic carbocycles. The molecule has 0 radical (unpaired) electrons. The summed E-state index contributed by atoms with van der Waals surface area (Å²) in [6.07, 6.45) is 1.83. The van der Waals surface area contributed by atoms with E-state index in [1.807, 2.05) is 6.26 Å². The zero-order chi connectivity index (χ0) is 14.4. The number of hydrogen-bond acceptors (Lipinski definition) is 6. The van der Waals surface area contributed by atoms with Crippen LogP contribution in [-0.2, 0) is 9.53 Å². The van der Waals surface area contributed by atoms with Crippen molar-refractivity contribution in [1.29, 1.82) is 0 Å². The van der Waals surface area contributed by atoms with E-state index in [9.17, 15) is 4.79 Å². The van der Waals surface area contributed by atoms with Crippen LogP contribution in [0.5, 0.6) is 11.5 Å². The number of carbonyl (C=O) groups excluding carboxylic acids is 1. The Morgan fingerprint density at radius 1 is 1.37 bits per heavy atom. The van der Waals surface area contributed by atoms with Crippen LogP contribution in [0.1, 0.15) is 17.7 Å². The van der Waals surface area contributed by atoms with Gasteiger partial charge in [-0.25, -0.2) is 0 Å². The maximum Gasteiger partial charge on any atom is 0.323 e. The normalized spacial score (nSPS) is 11.8. The maximum absolute atomic E-state index is 11.9. The summed E-state index contributed by atoms with van der Waals surface area (Å²) >= 11 is 1.37. The summed E-state index contributed by atoms with van der Waals surface area (Å²) < 4.78 is 15.4. The fourth-order valence-corrected chi connectivity index (χ4v) is 2.48. The molecule has 0 heterocycles. The van der Waals surface area contributed by atoms with Gasteiger partial charge in [-0.1, -0.05) is 6.07 Å². The predicted octanol–water partition coefficient (Wildman–Crippen LogP) is 2.25. The van der Waals surface area contributed by atoms with Crippen molar-refractivity contribution in [3.63, 3.8) is 0 Å². The van der Waals surface area contributed by atoms with Crippen LogP contribution in [0, 0.1) is 0 Å². The lowest BCUT2D eigenvalue weighted by Crippen LogP contribution is -2.15. The van der Waals surface area contributed by atoms with Gasteiger partial charge in [0.15, 0.2) is 11.5 Å². The largest absolute Gasteiger partial charge is 0.493 e. The van der Waals surface area contributed by atoms with Crippen molar-refractivity contribution in [2.24, 2.45) is 0 Å². The third kappa shape index (κ3) is 3.26. The molecule has 0 aliphatic rings. The number of methoxy groups -OCH3 is 2. The number of rotatable bonds is 6. The summed E-state index contributed by atoms with van der Waals surface area (Å²) in [4.78, 5) is 11.9. The number of thioether (sulfide) groups is 1. The zero-order valence-corrected chi connectivity index (χ0v) is 12.4. The Kier molecular flexibility index (Phi) is 5.82. The minimum absolute atomic E-state index is 0.311. The lowest BCUT2D eigenvalue weighted by Gasteiger charge is -2.18. The molecule has 106 valence electrons. The van der Waals surface area contributed by atoms with Crippen molar-refractivity contribution in [3.05, 3.63) is 17.7 Å². The smallest absolute Gasteiger partial charge is 0.323 e. The molecule has 2 N–H and O–H groups in total. The molecule has 0 saturated heterocycles. The molecule has 0 aliphatic carbocycles. The standard InChI is InChI=1S/C13H19NO4S/c1-5-18-13(15)12(19-4)8-6-7-9(16-2)11(17-3)10(8)14/h6-7,12H,5,14H2,1-4H3. The molecule has 0 aliphatic heterocycles. The SMILES string of the molecule is CCOC(=O)C(SC)c1ccc(OC)c(OC)c1N. The lowest BCUT2D eigenvalue weighted by atomic mass is 10.1. The van der Waals surface area contributed by atoms with Gasteiger partial charge in [-0.15, -0.1) is 11.8 Å². The van der Waals surface area contributed by atoms with Crippen LogP contribution in [0.25, 0.3) is 0 Å². The summed E-state index contributed by atoms with van der Waals surface area (Å²) in [7, 11) is 3.05. The van der Waals surface area contributed by atoms with Gasteiger partial charge in [-0.2, -0.15) is 0 Å². The highest BCUT2D eigenvalue weighted by atomic mass is 32.2. The molecule has 0 aromatic heterocycles. The van der Waals surface area contributed by atoms with Crippen molar-refractivity contribution in [2.45, 2.75) is 12.2 Å². The number of carbonyl (C=O) groups is 1. The third-order valence-corrected chi connectivity index (χ3v) is 3.55. The number of ether oxygens (including phenoxy) is 3. The van der Waals surface area contributed by atoms with E-state index in [1.54, 1.807) is 19.1 Å². The van der Waals surface area contributed by atoms with Gasteiger partial charge >= 0.3 is 5.97 Å². The topological polar surface area (TPSA) is 70.8 Å². The molecule has 0 fully saturated rings. The fraction of sp³-hybridized carbons (Fsp3) is 0.462. The number of benzene rings is 1. The summed E-state index contributed by atoms with van der Waals surface area (Å²) in [6, 6.07) is 3.49. The first-order valence-corrected chi connectivity index (χ1v) is 7.09. The van der Waals surface area contributed by atoms with E-state index in [1.165, 1.54) is 26.0 Å². The van der Waals surface area contributed by atoms with Crippen LogP contribution >= 0.6 is 11.8 Å². The monoisotopic (exact) mass is 285 g/mol. The second kappa shape index (κ2) is 7.13. The van der Waals surface area contributed by atoms with Crippen LogP contribution in [0.2, 0.25) is 0 Å². The summed E-state index contributed by atoms with van der Waals surface area (Å²) in [5, 5.41) is -0.472. The van der Waals surface area contributed by atoms with Gasteiger partial charge in [0.25, 0.3) is 0 Å². The average Bonchev–Trinajstić information content (AvgIpc) is 2.41. The van der Waals surface area contributed by atoms with E-state index in [0.717, 1.165) is 0 Å². The van der Waals surface area contributed by atoms with Gasteiger partial charge < -0.3 is 19.9 Å². The second-order valence-corrected chi connectivity index (χ2v) is 4.61. The Bertz CT molecular complexity index is 451. The van der Waals surface area contributed by atoms with Gasteiger partial charge in [0.2, 0.25) is 0 Å². The van der Waals surface area contributed by atoms with E-state index in [0.29, 0.717) is 29.4 Å². The number of nitrogen functional groups attached to an aromatic ring is 1. The molecule has 1 unspecified atom stereocenters. The van der Waals surface area contributed by atoms with Crippen LogP contribution in [-0.4, -0.2) is 33.1 Å². The van der Waals surface area contributed by atoms with Crippen LogP contribution in [0.4, 0.5) is 5.69 Å². The first-order valence-electron chi connectivity index (χ1n) is 5.80. The van der Waals surface area contributed by atoms with Crippen LogP contribution in [0.3, 0.4) is 0 Å². The number of nitrogens with two attached hydrogens (primary N) is 1. The average molecular weight is 285 g/mol. The molecule has 0 bridgehead atoms. The Balaban J connectivity index is 3.22. The molecular weight excluding hydrogens is 266 g/mol. The Morgan fingerprint density at radius 3 is 2.53 bits per heavy atom. The van der Waals surface area contributed by atoms with Crippen molar-refractivity contribution in [2.75, 3.05) is 32.8 Å².